The van der Waals surface area contributed by atoms with Crippen LogP contribution in [0.2, 0.25) is 0 Å². The standard InChI is InChI=1S/C23H30N2O3/c1-23(2,3)20-6-4-5-7-21(20)28-15-12-24-22(26)18-8-10-19(11-9-18)25-13-16-27-17-14-25/h4-11H,12-17H2,1-3H3,(H,24,26). The van der Waals surface area contributed by atoms with E-state index in [0.717, 1.165) is 37.7 Å². The summed E-state index contributed by atoms with van der Waals surface area (Å²) in [6, 6.07) is 15.8. The van der Waals surface area contributed by atoms with Crippen LogP contribution in [-0.2, 0) is 10.2 Å². The zero-order valence-corrected chi connectivity index (χ0v) is 17.0. The van der Waals surface area contributed by atoms with Crippen LogP contribution in [0.15, 0.2) is 48.5 Å². The number of benzene rings is 2. The van der Waals surface area contributed by atoms with Crippen LogP contribution < -0.4 is 15.0 Å². The molecule has 0 aliphatic carbocycles. The number of para-hydroxylation sites is 1. The number of carbonyl (C=O) groups is 1. The summed E-state index contributed by atoms with van der Waals surface area (Å²) in [5, 5.41) is 2.93. The van der Waals surface area contributed by atoms with E-state index in [9.17, 15) is 4.79 Å². The number of ether oxygens (including phenoxy) is 2. The Morgan fingerprint density at radius 1 is 1.07 bits per heavy atom. The van der Waals surface area contributed by atoms with E-state index in [1.807, 2.05) is 42.5 Å². The zero-order valence-electron chi connectivity index (χ0n) is 17.0. The molecule has 1 amide bonds. The fourth-order valence-electron chi connectivity index (χ4n) is 3.28. The molecule has 0 aromatic heterocycles. The predicted octanol–water partition coefficient (Wildman–Crippen LogP) is 3.63. The summed E-state index contributed by atoms with van der Waals surface area (Å²) in [7, 11) is 0. The second kappa shape index (κ2) is 9.11. The summed E-state index contributed by atoms with van der Waals surface area (Å²) in [6.07, 6.45) is 0. The summed E-state index contributed by atoms with van der Waals surface area (Å²) in [5.74, 6) is 0.792. The lowest BCUT2D eigenvalue weighted by molar-refractivity contribution is 0.0946. The summed E-state index contributed by atoms with van der Waals surface area (Å²) in [5.41, 5.74) is 2.97. The molecule has 0 radical (unpaired) electrons. The highest BCUT2D eigenvalue weighted by Gasteiger charge is 2.18. The second-order valence-corrected chi connectivity index (χ2v) is 8.00. The first-order chi connectivity index (χ1) is 13.4. The van der Waals surface area contributed by atoms with E-state index in [2.05, 4.69) is 37.1 Å². The molecule has 2 aromatic rings. The van der Waals surface area contributed by atoms with Gasteiger partial charge in [0.25, 0.3) is 5.91 Å². The van der Waals surface area contributed by atoms with E-state index in [1.165, 1.54) is 5.56 Å². The Labute approximate surface area is 167 Å². The quantitative estimate of drug-likeness (QED) is 0.775. The Hall–Kier alpha value is -2.53. The van der Waals surface area contributed by atoms with Gasteiger partial charge in [-0.15, -0.1) is 0 Å². The normalized spacial score (nSPS) is 14.6. The first kappa shape index (κ1) is 20.2. The van der Waals surface area contributed by atoms with Crippen molar-refractivity contribution in [3.8, 4) is 5.75 Å². The smallest absolute Gasteiger partial charge is 0.251 e. The van der Waals surface area contributed by atoms with Gasteiger partial charge in [0.05, 0.1) is 19.8 Å². The third-order valence-corrected chi connectivity index (χ3v) is 4.85. The van der Waals surface area contributed by atoms with Gasteiger partial charge in [-0.3, -0.25) is 4.79 Å². The van der Waals surface area contributed by atoms with Crippen LogP contribution >= 0.6 is 0 Å². The number of amides is 1. The molecule has 1 heterocycles. The van der Waals surface area contributed by atoms with Crippen LogP contribution in [0.5, 0.6) is 5.75 Å². The maximum atomic E-state index is 12.4. The molecule has 150 valence electrons. The zero-order chi connectivity index (χ0) is 20.0. The molecule has 2 aromatic carbocycles. The molecule has 0 unspecified atom stereocenters. The van der Waals surface area contributed by atoms with Crippen LogP contribution in [0.3, 0.4) is 0 Å². The fraction of sp³-hybridized carbons (Fsp3) is 0.435. The Bertz CT molecular complexity index is 775. The van der Waals surface area contributed by atoms with Gasteiger partial charge >= 0.3 is 0 Å². The van der Waals surface area contributed by atoms with E-state index < -0.39 is 0 Å². The van der Waals surface area contributed by atoms with Gasteiger partial charge in [0.1, 0.15) is 12.4 Å². The Morgan fingerprint density at radius 2 is 1.75 bits per heavy atom. The van der Waals surface area contributed by atoms with Gasteiger partial charge in [-0.05, 0) is 41.3 Å². The van der Waals surface area contributed by atoms with Crippen molar-refractivity contribution in [1.29, 1.82) is 0 Å². The third kappa shape index (κ3) is 5.26. The van der Waals surface area contributed by atoms with Crippen LogP contribution in [0.1, 0.15) is 36.7 Å². The van der Waals surface area contributed by atoms with Crippen molar-refractivity contribution in [1.82, 2.24) is 5.32 Å². The van der Waals surface area contributed by atoms with Crippen molar-refractivity contribution in [2.75, 3.05) is 44.4 Å². The number of rotatable bonds is 6. The van der Waals surface area contributed by atoms with E-state index >= 15 is 0 Å². The minimum absolute atomic E-state index is 0.0159. The monoisotopic (exact) mass is 382 g/mol. The second-order valence-electron chi connectivity index (χ2n) is 8.00. The largest absolute Gasteiger partial charge is 0.491 e. The van der Waals surface area contributed by atoms with Gasteiger partial charge in [0.15, 0.2) is 0 Å². The molecule has 3 rings (SSSR count). The highest BCUT2D eigenvalue weighted by molar-refractivity contribution is 5.94. The number of anilines is 1. The molecule has 1 saturated heterocycles. The summed E-state index contributed by atoms with van der Waals surface area (Å²) < 4.78 is 11.3. The minimum Gasteiger partial charge on any atom is -0.491 e. The molecule has 0 saturated carbocycles. The topological polar surface area (TPSA) is 50.8 Å². The molecule has 1 fully saturated rings. The maximum Gasteiger partial charge on any atom is 0.251 e. The van der Waals surface area contributed by atoms with Gasteiger partial charge < -0.3 is 19.7 Å². The molecule has 5 nitrogen and oxygen atoms in total. The van der Waals surface area contributed by atoms with Gasteiger partial charge in [-0.1, -0.05) is 39.0 Å². The average molecular weight is 383 g/mol. The minimum atomic E-state index is -0.0822. The van der Waals surface area contributed by atoms with E-state index in [1.54, 1.807) is 0 Å². The van der Waals surface area contributed by atoms with Crippen LogP contribution in [0.4, 0.5) is 5.69 Å². The van der Waals surface area contributed by atoms with E-state index in [4.69, 9.17) is 9.47 Å². The molecular weight excluding hydrogens is 352 g/mol. The molecule has 1 N–H and O–H groups in total. The van der Waals surface area contributed by atoms with Gasteiger partial charge in [0.2, 0.25) is 0 Å². The highest BCUT2D eigenvalue weighted by atomic mass is 16.5. The first-order valence-corrected chi connectivity index (χ1v) is 9.88. The van der Waals surface area contributed by atoms with Crippen LogP contribution in [-0.4, -0.2) is 45.4 Å². The molecule has 0 spiro atoms. The van der Waals surface area contributed by atoms with E-state index in [-0.39, 0.29) is 11.3 Å². The Kier molecular flexibility index (Phi) is 6.57. The molecule has 0 atom stereocenters. The lowest BCUT2D eigenvalue weighted by Crippen LogP contribution is -2.36. The van der Waals surface area contributed by atoms with Gasteiger partial charge in [0, 0.05) is 24.3 Å². The number of hydrogen-bond acceptors (Lipinski definition) is 4. The number of morpholine rings is 1. The fourth-order valence-corrected chi connectivity index (χ4v) is 3.28. The number of carbonyl (C=O) groups excluding carboxylic acids is 1. The lowest BCUT2D eigenvalue weighted by atomic mass is 9.86. The van der Waals surface area contributed by atoms with Crippen molar-refractivity contribution in [2.24, 2.45) is 0 Å². The van der Waals surface area contributed by atoms with Crippen molar-refractivity contribution in [3.05, 3.63) is 59.7 Å². The molecule has 0 bridgehead atoms. The van der Waals surface area contributed by atoms with Crippen molar-refractivity contribution >= 4 is 11.6 Å². The lowest BCUT2D eigenvalue weighted by Gasteiger charge is -2.28. The number of hydrogen-bond donors (Lipinski definition) is 1. The first-order valence-electron chi connectivity index (χ1n) is 9.88. The molecule has 1 aliphatic heterocycles. The molecule has 28 heavy (non-hydrogen) atoms. The summed E-state index contributed by atoms with van der Waals surface area (Å²) in [6.45, 7) is 10.7. The van der Waals surface area contributed by atoms with E-state index in [0.29, 0.717) is 18.7 Å². The van der Waals surface area contributed by atoms with Gasteiger partial charge in [-0.25, -0.2) is 0 Å². The third-order valence-electron chi connectivity index (χ3n) is 4.85. The summed E-state index contributed by atoms with van der Waals surface area (Å²) >= 11 is 0. The predicted molar refractivity (Wildman–Crippen MR) is 112 cm³/mol. The van der Waals surface area contributed by atoms with Crippen molar-refractivity contribution in [2.45, 2.75) is 26.2 Å². The number of nitrogens with one attached hydrogen (secondary N) is 1. The van der Waals surface area contributed by atoms with Crippen LogP contribution in [0.25, 0.3) is 0 Å². The highest BCUT2D eigenvalue weighted by Crippen LogP contribution is 2.30. The van der Waals surface area contributed by atoms with Crippen LogP contribution in [0, 0.1) is 0 Å². The van der Waals surface area contributed by atoms with Crippen molar-refractivity contribution in [3.63, 3.8) is 0 Å². The summed E-state index contributed by atoms with van der Waals surface area (Å²) in [4.78, 5) is 14.6. The SMILES string of the molecule is CC(C)(C)c1ccccc1OCCNC(=O)c1ccc(N2CCOCC2)cc1. The maximum absolute atomic E-state index is 12.4. The number of nitrogens with zero attached hydrogens (tertiary/aromatic N) is 1. The average Bonchev–Trinajstić information content (AvgIpc) is 2.71. The molecular formula is C23H30N2O3. The molecule has 5 heteroatoms. The molecule has 1 aliphatic rings. The van der Waals surface area contributed by atoms with Gasteiger partial charge in [-0.2, -0.15) is 0 Å². The Balaban J connectivity index is 1.48. The Morgan fingerprint density at radius 3 is 2.43 bits per heavy atom. The van der Waals surface area contributed by atoms with Crippen molar-refractivity contribution < 1.29 is 14.3 Å².